The lowest BCUT2D eigenvalue weighted by Gasteiger charge is -2.14. The molecule has 114 valence electrons. The van der Waals surface area contributed by atoms with Crippen molar-refractivity contribution in [1.29, 1.82) is 0 Å². The summed E-state index contributed by atoms with van der Waals surface area (Å²) >= 11 is 5.59. The zero-order valence-corrected chi connectivity index (χ0v) is 12.3. The fraction of sp³-hybridized carbons (Fsp3) is 0.533. The fourth-order valence-electron chi connectivity index (χ4n) is 3.27. The van der Waals surface area contributed by atoms with E-state index < -0.39 is 5.82 Å². The van der Waals surface area contributed by atoms with E-state index in [0.29, 0.717) is 17.6 Å². The third-order valence-corrected chi connectivity index (χ3v) is 4.59. The molecule has 3 atom stereocenters. The largest absolute Gasteiger partial charge is 0.484 e. The third kappa shape index (κ3) is 3.47. The zero-order chi connectivity index (χ0) is 14.8. The summed E-state index contributed by atoms with van der Waals surface area (Å²) in [5.74, 6) is 0.955. The number of amides is 1. The average molecular weight is 313 g/mol. The summed E-state index contributed by atoms with van der Waals surface area (Å²) in [5.41, 5.74) is 0. The normalized spacial score (nSPS) is 27.4. The van der Waals surface area contributed by atoms with Gasteiger partial charge < -0.3 is 15.4 Å². The first kappa shape index (κ1) is 14.6. The molecule has 1 aliphatic heterocycles. The van der Waals surface area contributed by atoms with Crippen LogP contribution in [0.15, 0.2) is 18.2 Å². The lowest BCUT2D eigenvalue weighted by atomic mass is 10.0. The number of hydrogen-bond acceptors (Lipinski definition) is 3. The second-order valence-corrected chi connectivity index (χ2v) is 6.19. The van der Waals surface area contributed by atoms with E-state index in [1.165, 1.54) is 12.1 Å². The van der Waals surface area contributed by atoms with E-state index in [1.807, 2.05) is 0 Å². The Hall–Kier alpha value is -1.33. The number of nitrogens with one attached hydrogen (secondary N) is 2. The van der Waals surface area contributed by atoms with Crippen LogP contribution in [0.5, 0.6) is 5.75 Å². The summed E-state index contributed by atoms with van der Waals surface area (Å²) in [4.78, 5) is 11.9. The van der Waals surface area contributed by atoms with Gasteiger partial charge in [-0.15, -0.1) is 0 Å². The molecule has 0 aromatic heterocycles. The van der Waals surface area contributed by atoms with Crippen LogP contribution in [0.2, 0.25) is 5.02 Å². The van der Waals surface area contributed by atoms with Gasteiger partial charge in [-0.05, 0) is 49.9 Å². The maximum Gasteiger partial charge on any atom is 0.258 e. The Labute approximate surface area is 128 Å². The minimum Gasteiger partial charge on any atom is -0.484 e. The van der Waals surface area contributed by atoms with Gasteiger partial charge in [0.15, 0.2) is 6.61 Å². The van der Waals surface area contributed by atoms with Crippen LogP contribution in [-0.4, -0.2) is 31.6 Å². The SMILES string of the molecule is O=C(COc1ccc(Cl)c(F)c1)N[C@@H]1C[C@H]2CNC[C@H]2C1. The minimum absolute atomic E-state index is 0.0397. The van der Waals surface area contributed by atoms with E-state index >= 15 is 0 Å². The lowest BCUT2D eigenvalue weighted by Crippen LogP contribution is -2.37. The molecule has 2 aliphatic rings. The maximum atomic E-state index is 13.2. The van der Waals surface area contributed by atoms with Crippen molar-refractivity contribution < 1.29 is 13.9 Å². The topological polar surface area (TPSA) is 50.4 Å². The molecule has 1 aliphatic carbocycles. The Bertz CT molecular complexity index is 528. The van der Waals surface area contributed by atoms with Crippen molar-refractivity contribution in [3.05, 3.63) is 29.0 Å². The van der Waals surface area contributed by atoms with Crippen molar-refractivity contribution in [2.75, 3.05) is 19.7 Å². The molecule has 0 spiro atoms. The summed E-state index contributed by atoms with van der Waals surface area (Å²) in [6, 6.07) is 4.38. The van der Waals surface area contributed by atoms with Crippen LogP contribution in [0.3, 0.4) is 0 Å². The first-order chi connectivity index (χ1) is 10.1. The molecular weight excluding hydrogens is 295 g/mol. The number of fused-ring (bicyclic) bond motifs is 1. The van der Waals surface area contributed by atoms with Crippen LogP contribution in [0.1, 0.15) is 12.8 Å². The monoisotopic (exact) mass is 312 g/mol. The molecule has 4 nitrogen and oxygen atoms in total. The van der Waals surface area contributed by atoms with Gasteiger partial charge in [-0.2, -0.15) is 0 Å². The van der Waals surface area contributed by atoms with Crippen LogP contribution < -0.4 is 15.4 Å². The highest BCUT2D eigenvalue weighted by molar-refractivity contribution is 6.30. The van der Waals surface area contributed by atoms with Crippen molar-refractivity contribution in [2.24, 2.45) is 11.8 Å². The van der Waals surface area contributed by atoms with Gasteiger partial charge in [-0.1, -0.05) is 11.6 Å². The third-order valence-electron chi connectivity index (χ3n) is 4.28. The molecule has 1 aromatic rings. The molecule has 2 N–H and O–H groups in total. The van der Waals surface area contributed by atoms with Crippen molar-refractivity contribution >= 4 is 17.5 Å². The van der Waals surface area contributed by atoms with Crippen molar-refractivity contribution in [3.63, 3.8) is 0 Å². The van der Waals surface area contributed by atoms with Crippen molar-refractivity contribution in [1.82, 2.24) is 10.6 Å². The molecule has 1 aromatic carbocycles. The van der Waals surface area contributed by atoms with Crippen molar-refractivity contribution in [3.8, 4) is 5.75 Å². The molecule has 21 heavy (non-hydrogen) atoms. The van der Waals surface area contributed by atoms with Gasteiger partial charge in [0.25, 0.3) is 5.91 Å². The Morgan fingerprint density at radius 2 is 2.10 bits per heavy atom. The zero-order valence-electron chi connectivity index (χ0n) is 11.6. The second kappa shape index (κ2) is 6.20. The van der Waals surface area contributed by atoms with Gasteiger partial charge in [-0.25, -0.2) is 4.39 Å². The molecule has 0 bridgehead atoms. The molecule has 6 heteroatoms. The predicted octanol–water partition coefficient (Wildman–Crippen LogP) is 1.97. The Morgan fingerprint density at radius 1 is 1.38 bits per heavy atom. The average Bonchev–Trinajstić information content (AvgIpc) is 3.01. The standard InChI is InChI=1S/C15H18ClFN2O2/c16-13-2-1-12(5-14(13)17)21-8-15(20)19-11-3-9-6-18-7-10(9)4-11/h1-2,5,9-11,18H,3-4,6-8H2,(H,19,20)/t9-,10+,11+. The molecule has 1 heterocycles. The van der Waals surface area contributed by atoms with Gasteiger partial charge >= 0.3 is 0 Å². The molecule has 2 fully saturated rings. The quantitative estimate of drug-likeness (QED) is 0.894. The van der Waals surface area contributed by atoms with Crippen LogP contribution in [0, 0.1) is 17.7 Å². The number of halogens is 2. The van der Waals surface area contributed by atoms with Crippen LogP contribution in [0.25, 0.3) is 0 Å². The highest BCUT2D eigenvalue weighted by atomic mass is 35.5. The van der Waals surface area contributed by atoms with E-state index in [9.17, 15) is 9.18 Å². The Balaban J connectivity index is 1.45. The van der Waals surface area contributed by atoms with E-state index in [0.717, 1.165) is 25.9 Å². The van der Waals surface area contributed by atoms with Gasteiger partial charge in [-0.3, -0.25) is 4.79 Å². The number of carbonyl (C=O) groups excluding carboxylic acids is 1. The molecule has 0 radical (unpaired) electrons. The Morgan fingerprint density at radius 3 is 2.76 bits per heavy atom. The van der Waals surface area contributed by atoms with E-state index in [4.69, 9.17) is 16.3 Å². The predicted molar refractivity (Wildman–Crippen MR) is 77.9 cm³/mol. The van der Waals surface area contributed by atoms with Gasteiger partial charge in [0.2, 0.25) is 0 Å². The van der Waals surface area contributed by atoms with Crippen molar-refractivity contribution in [2.45, 2.75) is 18.9 Å². The summed E-state index contributed by atoms with van der Waals surface area (Å²) < 4.78 is 18.5. The molecule has 3 rings (SSSR count). The second-order valence-electron chi connectivity index (χ2n) is 5.78. The fourth-order valence-corrected chi connectivity index (χ4v) is 3.39. The van der Waals surface area contributed by atoms with Gasteiger partial charge in [0, 0.05) is 12.1 Å². The van der Waals surface area contributed by atoms with E-state index in [-0.39, 0.29) is 23.6 Å². The number of benzene rings is 1. The smallest absolute Gasteiger partial charge is 0.258 e. The lowest BCUT2D eigenvalue weighted by molar-refractivity contribution is -0.123. The number of hydrogen-bond donors (Lipinski definition) is 2. The summed E-state index contributed by atoms with van der Waals surface area (Å²) in [7, 11) is 0. The number of ether oxygens (including phenoxy) is 1. The molecule has 1 saturated heterocycles. The van der Waals surface area contributed by atoms with Crippen LogP contribution in [0.4, 0.5) is 4.39 Å². The minimum atomic E-state index is -0.550. The first-order valence-corrected chi connectivity index (χ1v) is 7.57. The molecule has 1 saturated carbocycles. The summed E-state index contributed by atoms with van der Waals surface area (Å²) in [6.45, 7) is 2.00. The summed E-state index contributed by atoms with van der Waals surface area (Å²) in [5, 5.41) is 6.40. The Kier molecular flexibility index (Phi) is 4.31. The summed E-state index contributed by atoms with van der Waals surface area (Å²) in [6.07, 6.45) is 2.05. The van der Waals surface area contributed by atoms with E-state index in [1.54, 1.807) is 6.07 Å². The van der Waals surface area contributed by atoms with Gasteiger partial charge in [0.05, 0.1) is 5.02 Å². The van der Waals surface area contributed by atoms with Gasteiger partial charge in [0.1, 0.15) is 11.6 Å². The highest BCUT2D eigenvalue weighted by Gasteiger charge is 2.37. The molecular formula is C15H18ClFN2O2. The number of rotatable bonds is 4. The first-order valence-electron chi connectivity index (χ1n) is 7.20. The van der Waals surface area contributed by atoms with E-state index in [2.05, 4.69) is 10.6 Å². The highest BCUT2D eigenvalue weighted by Crippen LogP contribution is 2.34. The number of carbonyl (C=O) groups is 1. The van der Waals surface area contributed by atoms with Crippen LogP contribution in [-0.2, 0) is 4.79 Å². The molecule has 0 unspecified atom stereocenters. The van der Waals surface area contributed by atoms with Crippen LogP contribution >= 0.6 is 11.6 Å². The molecule has 1 amide bonds. The maximum absolute atomic E-state index is 13.2.